The van der Waals surface area contributed by atoms with Crippen LogP contribution in [0.2, 0.25) is 0 Å². The fraction of sp³-hybridized carbons (Fsp3) is 0.188. The van der Waals surface area contributed by atoms with E-state index in [9.17, 15) is 19.7 Å². The van der Waals surface area contributed by atoms with Crippen LogP contribution in [0.15, 0.2) is 48.8 Å². The molecule has 1 heterocycles. The van der Waals surface area contributed by atoms with E-state index in [1.54, 1.807) is 0 Å². The Labute approximate surface area is 137 Å². The first kappa shape index (κ1) is 17.1. The fourth-order valence-corrected chi connectivity index (χ4v) is 2.07. The largest absolute Gasteiger partial charge is 0.467 e. The first-order chi connectivity index (χ1) is 11.5. The summed E-state index contributed by atoms with van der Waals surface area (Å²) in [5.74, 6) is -1.04. The molecule has 0 unspecified atom stereocenters. The number of nitrogens with zero attached hydrogens (tertiary/aromatic N) is 2. The van der Waals surface area contributed by atoms with Gasteiger partial charge in [-0.3, -0.25) is 19.9 Å². The highest BCUT2D eigenvalue weighted by Gasteiger charge is 2.23. The Kier molecular flexibility index (Phi) is 5.56. The van der Waals surface area contributed by atoms with Crippen molar-refractivity contribution in [2.45, 2.75) is 12.5 Å². The maximum absolute atomic E-state index is 12.2. The number of hydrogen-bond acceptors (Lipinski definition) is 6. The molecule has 0 aliphatic rings. The zero-order valence-corrected chi connectivity index (χ0v) is 12.8. The van der Waals surface area contributed by atoms with Crippen LogP contribution in [0.25, 0.3) is 0 Å². The Bertz CT molecular complexity index is 731. The molecule has 0 aliphatic heterocycles. The van der Waals surface area contributed by atoms with Crippen LogP contribution in [-0.4, -0.2) is 34.9 Å². The molecule has 8 nitrogen and oxygen atoms in total. The van der Waals surface area contributed by atoms with E-state index in [4.69, 9.17) is 4.74 Å². The molecule has 8 heteroatoms. The van der Waals surface area contributed by atoms with Gasteiger partial charge in [0.05, 0.1) is 12.0 Å². The van der Waals surface area contributed by atoms with Gasteiger partial charge in [-0.05, 0) is 17.7 Å². The van der Waals surface area contributed by atoms with Crippen LogP contribution in [0.1, 0.15) is 15.9 Å². The Hall–Kier alpha value is -3.29. The third kappa shape index (κ3) is 4.35. The number of hydrogen-bond donors (Lipinski definition) is 1. The molecule has 24 heavy (non-hydrogen) atoms. The van der Waals surface area contributed by atoms with Gasteiger partial charge in [0, 0.05) is 36.5 Å². The second-order valence-electron chi connectivity index (χ2n) is 4.91. The van der Waals surface area contributed by atoms with Gasteiger partial charge in [-0.2, -0.15) is 0 Å². The van der Waals surface area contributed by atoms with E-state index in [0.717, 1.165) is 0 Å². The van der Waals surface area contributed by atoms with Crippen molar-refractivity contribution in [3.05, 3.63) is 70.0 Å². The number of methoxy groups -OCH3 is 1. The monoisotopic (exact) mass is 329 g/mol. The molecule has 0 saturated heterocycles. The van der Waals surface area contributed by atoms with Gasteiger partial charge in [0.2, 0.25) is 0 Å². The summed E-state index contributed by atoms with van der Waals surface area (Å²) in [6.07, 6.45) is 3.10. The first-order valence-corrected chi connectivity index (χ1v) is 7.03. The van der Waals surface area contributed by atoms with Crippen LogP contribution in [0, 0.1) is 10.1 Å². The molecule has 1 N–H and O–H groups in total. The molecule has 0 saturated carbocycles. The fourth-order valence-electron chi connectivity index (χ4n) is 2.07. The molecule has 124 valence electrons. The van der Waals surface area contributed by atoms with Crippen LogP contribution in [-0.2, 0) is 16.0 Å². The Morgan fingerprint density at radius 1 is 1.21 bits per heavy atom. The van der Waals surface area contributed by atoms with Gasteiger partial charge in [-0.1, -0.05) is 12.1 Å². The van der Waals surface area contributed by atoms with Crippen LogP contribution >= 0.6 is 0 Å². The van der Waals surface area contributed by atoms with E-state index < -0.39 is 22.8 Å². The number of esters is 1. The van der Waals surface area contributed by atoms with E-state index in [1.165, 1.54) is 55.9 Å². The zero-order valence-electron chi connectivity index (χ0n) is 12.8. The third-order valence-electron chi connectivity index (χ3n) is 3.32. The van der Waals surface area contributed by atoms with Gasteiger partial charge in [0.1, 0.15) is 6.04 Å². The Morgan fingerprint density at radius 3 is 2.38 bits per heavy atom. The van der Waals surface area contributed by atoms with Crippen molar-refractivity contribution in [1.82, 2.24) is 10.3 Å². The number of carbonyl (C=O) groups excluding carboxylic acids is 2. The van der Waals surface area contributed by atoms with E-state index in [2.05, 4.69) is 10.3 Å². The molecule has 1 amide bonds. The number of nitro groups is 1. The number of nitrogens with one attached hydrogen (secondary N) is 1. The highest BCUT2D eigenvalue weighted by atomic mass is 16.6. The maximum Gasteiger partial charge on any atom is 0.328 e. The number of ether oxygens (including phenoxy) is 1. The summed E-state index contributed by atoms with van der Waals surface area (Å²) in [6, 6.07) is 7.89. The molecule has 0 bridgehead atoms. The lowest BCUT2D eigenvalue weighted by molar-refractivity contribution is -0.384. The molecule has 2 aromatic rings. The average Bonchev–Trinajstić information content (AvgIpc) is 2.61. The number of carbonyl (C=O) groups is 2. The molecular weight excluding hydrogens is 314 g/mol. The number of amides is 1. The Balaban J connectivity index is 2.12. The van der Waals surface area contributed by atoms with E-state index in [-0.39, 0.29) is 12.1 Å². The van der Waals surface area contributed by atoms with Crippen LogP contribution in [0.5, 0.6) is 0 Å². The zero-order chi connectivity index (χ0) is 17.5. The number of benzene rings is 1. The summed E-state index contributed by atoms with van der Waals surface area (Å²) < 4.78 is 4.71. The Morgan fingerprint density at radius 2 is 1.83 bits per heavy atom. The lowest BCUT2D eigenvalue weighted by Gasteiger charge is -2.16. The van der Waals surface area contributed by atoms with Gasteiger partial charge in [0.15, 0.2) is 0 Å². The molecule has 1 aromatic carbocycles. The minimum Gasteiger partial charge on any atom is -0.467 e. The van der Waals surface area contributed by atoms with Gasteiger partial charge in [-0.15, -0.1) is 0 Å². The molecular formula is C16H15N3O5. The molecule has 0 radical (unpaired) electrons. The summed E-state index contributed by atoms with van der Waals surface area (Å²) in [5.41, 5.74) is 0.975. The minimum atomic E-state index is -0.905. The highest BCUT2D eigenvalue weighted by Crippen LogP contribution is 2.14. The molecule has 0 spiro atoms. The van der Waals surface area contributed by atoms with E-state index in [1.807, 2.05) is 0 Å². The second-order valence-corrected chi connectivity index (χ2v) is 4.91. The summed E-state index contributed by atoms with van der Waals surface area (Å²) in [4.78, 5) is 38.0. The summed E-state index contributed by atoms with van der Waals surface area (Å²) in [6.45, 7) is 0. The van der Waals surface area contributed by atoms with Crippen molar-refractivity contribution in [1.29, 1.82) is 0 Å². The third-order valence-corrected chi connectivity index (χ3v) is 3.32. The predicted octanol–water partition coefficient (Wildman–Crippen LogP) is 1.50. The van der Waals surface area contributed by atoms with Crippen LogP contribution < -0.4 is 5.32 Å². The first-order valence-electron chi connectivity index (χ1n) is 7.03. The summed E-state index contributed by atoms with van der Waals surface area (Å²) in [7, 11) is 1.23. The lowest BCUT2D eigenvalue weighted by Crippen LogP contribution is -2.43. The standard InChI is InChI=1S/C16H15N3O5/c1-24-16(21)14(18-15(20)12-6-8-17-9-7-12)10-11-2-4-13(5-3-11)19(22)23/h2-9,14H,10H2,1H3,(H,18,20)/t14-/m1/s1. The number of pyridine rings is 1. The summed E-state index contributed by atoms with van der Waals surface area (Å²) in [5, 5.41) is 13.3. The topological polar surface area (TPSA) is 111 Å². The van der Waals surface area contributed by atoms with Gasteiger partial charge in [0.25, 0.3) is 11.6 Å². The number of aromatic nitrogens is 1. The average molecular weight is 329 g/mol. The molecule has 0 aliphatic carbocycles. The van der Waals surface area contributed by atoms with Crippen LogP contribution in [0.4, 0.5) is 5.69 Å². The van der Waals surface area contributed by atoms with Crippen molar-refractivity contribution >= 4 is 17.6 Å². The van der Waals surface area contributed by atoms with Crippen molar-refractivity contribution in [3.8, 4) is 0 Å². The van der Waals surface area contributed by atoms with Crippen molar-refractivity contribution in [2.75, 3.05) is 7.11 Å². The number of non-ortho nitro benzene ring substituents is 1. The molecule has 2 rings (SSSR count). The number of nitro benzene ring substituents is 1. The lowest BCUT2D eigenvalue weighted by atomic mass is 10.0. The smallest absolute Gasteiger partial charge is 0.328 e. The van der Waals surface area contributed by atoms with Crippen molar-refractivity contribution < 1.29 is 19.2 Å². The van der Waals surface area contributed by atoms with Crippen molar-refractivity contribution in [2.24, 2.45) is 0 Å². The quantitative estimate of drug-likeness (QED) is 0.488. The SMILES string of the molecule is COC(=O)[C@@H](Cc1ccc([N+](=O)[O-])cc1)NC(=O)c1ccncc1. The van der Waals surface area contributed by atoms with Gasteiger partial charge in [-0.25, -0.2) is 4.79 Å². The maximum atomic E-state index is 12.2. The van der Waals surface area contributed by atoms with Crippen molar-refractivity contribution in [3.63, 3.8) is 0 Å². The highest BCUT2D eigenvalue weighted by molar-refractivity contribution is 5.96. The number of rotatable bonds is 6. The normalized spacial score (nSPS) is 11.4. The predicted molar refractivity (Wildman–Crippen MR) is 84.3 cm³/mol. The second kappa shape index (κ2) is 7.82. The molecule has 0 fully saturated rings. The van der Waals surface area contributed by atoms with E-state index in [0.29, 0.717) is 11.1 Å². The molecule has 1 atom stereocenters. The molecule has 1 aromatic heterocycles. The van der Waals surface area contributed by atoms with Gasteiger partial charge >= 0.3 is 5.97 Å². The van der Waals surface area contributed by atoms with E-state index >= 15 is 0 Å². The van der Waals surface area contributed by atoms with Crippen LogP contribution in [0.3, 0.4) is 0 Å². The minimum absolute atomic E-state index is 0.0470. The van der Waals surface area contributed by atoms with Gasteiger partial charge < -0.3 is 10.1 Å². The summed E-state index contributed by atoms with van der Waals surface area (Å²) >= 11 is 0.